The van der Waals surface area contributed by atoms with Gasteiger partial charge in [-0.2, -0.15) is 0 Å². The van der Waals surface area contributed by atoms with E-state index in [1.807, 2.05) is 20.2 Å². The first-order valence-corrected chi connectivity index (χ1v) is 10.4. The summed E-state index contributed by atoms with van der Waals surface area (Å²) in [6.45, 7) is 1.66. The van der Waals surface area contributed by atoms with E-state index in [1.165, 1.54) is 23.1 Å². The molecule has 0 heterocycles. The third kappa shape index (κ3) is 3.74. The number of aliphatic hydroxyl groups is 1. The highest BCUT2D eigenvalue weighted by molar-refractivity contribution is 5.81. The number of carbonyl (C=O) groups excluding carboxylic acids is 1. The van der Waals surface area contributed by atoms with Crippen LogP contribution in [-0.4, -0.2) is 25.0 Å². The van der Waals surface area contributed by atoms with Crippen LogP contribution in [-0.2, 0) is 23.1 Å². The number of ketones is 1. The summed E-state index contributed by atoms with van der Waals surface area (Å²) in [6, 6.07) is 15.0. The van der Waals surface area contributed by atoms with E-state index >= 15 is 0 Å². The molecule has 0 radical (unpaired) electrons. The molecule has 0 amide bonds. The molecule has 1 unspecified atom stereocenters. The highest BCUT2D eigenvalue weighted by Gasteiger charge is 2.36. The van der Waals surface area contributed by atoms with Crippen molar-refractivity contribution in [1.29, 1.82) is 0 Å². The molecule has 0 saturated carbocycles. The lowest BCUT2D eigenvalue weighted by Gasteiger charge is -2.35. The molecule has 0 aliphatic heterocycles. The molecular formula is C26H29NO2. The van der Waals surface area contributed by atoms with Gasteiger partial charge in [0, 0.05) is 37.2 Å². The Balaban J connectivity index is 1.74. The number of Topliss-reactive ketones (excluding diaryl/α,β-unsaturated/α-hetero) is 1. The lowest BCUT2D eigenvalue weighted by Crippen LogP contribution is -2.29. The fourth-order valence-corrected chi connectivity index (χ4v) is 4.76. The van der Waals surface area contributed by atoms with Crippen LogP contribution in [0.15, 0.2) is 60.4 Å². The van der Waals surface area contributed by atoms with Gasteiger partial charge in [0.05, 0.1) is 0 Å². The quantitative estimate of drug-likeness (QED) is 0.748. The summed E-state index contributed by atoms with van der Waals surface area (Å²) in [4.78, 5) is 14.3. The van der Waals surface area contributed by atoms with Gasteiger partial charge >= 0.3 is 0 Å². The molecule has 1 N–H and O–H groups in total. The largest absolute Gasteiger partial charge is 0.508 e. The molecule has 3 heteroatoms. The third-order valence-electron chi connectivity index (χ3n) is 6.33. The SMILES string of the molecule is CC(=O)CC1(c2ccc3c(c2)CCC3)C=CC(O)=C(c2ccc(N(C)C)cc2)C1. The molecule has 0 aromatic heterocycles. The normalized spacial score (nSPS) is 20.7. The first-order valence-electron chi connectivity index (χ1n) is 10.4. The molecule has 2 aliphatic rings. The van der Waals surface area contributed by atoms with Gasteiger partial charge in [-0.1, -0.05) is 36.4 Å². The summed E-state index contributed by atoms with van der Waals surface area (Å²) < 4.78 is 0. The van der Waals surface area contributed by atoms with Gasteiger partial charge in [-0.15, -0.1) is 0 Å². The number of nitrogens with zero attached hydrogens (tertiary/aromatic N) is 1. The van der Waals surface area contributed by atoms with Crippen LogP contribution in [0.3, 0.4) is 0 Å². The molecule has 29 heavy (non-hydrogen) atoms. The van der Waals surface area contributed by atoms with Crippen LogP contribution in [0.4, 0.5) is 5.69 Å². The van der Waals surface area contributed by atoms with Crippen molar-refractivity contribution in [2.24, 2.45) is 0 Å². The molecule has 0 fully saturated rings. The third-order valence-corrected chi connectivity index (χ3v) is 6.33. The van der Waals surface area contributed by atoms with E-state index < -0.39 is 5.41 Å². The predicted molar refractivity (Wildman–Crippen MR) is 120 cm³/mol. The van der Waals surface area contributed by atoms with Crippen molar-refractivity contribution in [3.63, 3.8) is 0 Å². The molecule has 2 aromatic carbocycles. The fourth-order valence-electron chi connectivity index (χ4n) is 4.76. The van der Waals surface area contributed by atoms with Gasteiger partial charge in [-0.05, 0) is 73.1 Å². The Bertz CT molecular complexity index is 998. The van der Waals surface area contributed by atoms with Gasteiger partial charge in [-0.3, -0.25) is 4.79 Å². The summed E-state index contributed by atoms with van der Waals surface area (Å²) in [7, 11) is 4.03. The monoisotopic (exact) mass is 387 g/mol. The van der Waals surface area contributed by atoms with Crippen LogP contribution < -0.4 is 4.90 Å². The molecule has 2 aromatic rings. The van der Waals surface area contributed by atoms with Crippen molar-refractivity contribution in [2.75, 3.05) is 19.0 Å². The van der Waals surface area contributed by atoms with Crippen LogP contribution in [0.2, 0.25) is 0 Å². The lowest BCUT2D eigenvalue weighted by molar-refractivity contribution is -0.117. The van der Waals surface area contributed by atoms with Crippen LogP contribution in [0.25, 0.3) is 5.57 Å². The highest BCUT2D eigenvalue weighted by Crippen LogP contribution is 2.44. The standard InChI is InChI=1S/C26H29NO2/c1-18(28)16-26(22-10-7-19-5-4-6-21(19)15-22)14-13-25(29)24(17-26)20-8-11-23(12-9-20)27(2)3/h7-15,29H,4-6,16-17H2,1-3H3. The maximum Gasteiger partial charge on any atom is 0.131 e. The van der Waals surface area contributed by atoms with Gasteiger partial charge in [0.1, 0.15) is 11.5 Å². The number of hydrogen-bond acceptors (Lipinski definition) is 3. The van der Waals surface area contributed by atoms with E-state index in [-0.39, 0.29) is 5.78 Å². The summed E-state index contributed by atoms with van der Waals surface area (Å²) >= 11 is 0. The van der Waals surface area contributed by atoms with Crippen molar-refractivity contribution in [2.45, 2.75) is 44.4 Å². The van der Waals surface area contributed by atoms with Crippen molar-refractivity contribution >= 4 is 17.0 Å². The van der Waals surface area contributed by atoms with Crippen molar-refractivity contribution < 1.29 is 9.90 Å². The van der Waals surface area contributed by atoms with Gasteiger partial charge in [0.25, 0.3) is 0 Å². The molecule has 1 atom stereocenters. The van der Waals surface area contributed by atoms with Crippen LogP contribution in [0.5, 0.6) is 0 Å². The average molecular weight is 388 g/mol. The Morgan fingerprint density at radius 2 is 1.79 bits per heavy atom. The van der Waals surface area contributed by atoms with E-state index in [9.17, 15) is 9.90 Å². The molecule has 4 rings (SSSR count). The smallest absolute Gasteiger partial charge is 0.131 e. The first kappa shape index (κ1) is 19.5. The zero-order chi connectivity index (χ0) is 20.6. The Morgan fingerprint density at radius 1 is 1.07 bits per heavy atom. The summed E-state index contributed by atoms with van der Waals surface area (Å²) in [5, 5.41) is 10.7. The second-order valence-electron chi connectivity index (χ2n) is 8.69. The van der Waals surface area contributed by atoms with E-state index in [2.05, 4.69) is 47.4 Å². The van der Waals surface area contributed by atoms with E-state index in [0.717, 1.165) is 29.7 Å². The van der Waals surface area contributed by atoms with Gasteiger partial charge in [-0.25, -0.2) is 0 Å². The van der Waals surface area contributed by atoms with Crippen LogP contribution in [0, 0.1) is 0 Å². The predicted octanol–water partition coefficient (Wildman–Crippen LogP) is 5.39. The Hall–Kier alpha value is -2.81. The van der Waals surface area contributed by atoms with Gasteiger partial charge in [0.15, 0.2) is 0 Å². The molecule has 0 saturated heterocycles. The summed E-state index contributed by atoms with van der Waals surface area (Å²) in [5.74, 6) is 0.460. The van der Waals surface area contributed by atoms with E-state index in [1.54, 1.807) is 13.0 Å². The van der Waals surface area contributed by atoms with Gasteiger partial charge < -0.3 is 10.0 Å². The topological polar surface area (TPSA) is 40.5 Å². The summed E-state index contributed by atoms with van der Waals surface area (Å²) in [5.41, 5.74) is 6.64. The molecule has 0 bridgehead atoms. The molecule has 150 valence electrons. The lowest BCUT2D eigenvalue weighted by atomic mass is 9.68. The Morgan fingerprint density at radius 3 is 2.48 bits per heavy atom. The number of aryl methyl sites for hydroxylation is 2. The number of hydrogen-bond donors (Lipinski definition) is 1. The first-order chi connectivity index (χ1) is 13.9. The molecule has 3 nitrogen and oxygen atoms in total. The zero-order valence-corrected chi connectivity index (χ0v) is 17.5. The second kappa shape index (κ2) is 7.55. The maximum absolute atomic E-state index is 12.3. The number of benzene rings is 2. The van der Waals surface area contributed by atoms with E-state index in [0.29, 0.717) is 18.6 Å². The van der Waals surface area contributed by atoms with E-state index in [4.69, 9.17) is 0 Å². The zero-order valence-electron chi connectivity index (χ0n) is 17.5. The molecular weight excluding hydrogens is 358 g/mol. The molecule has 2 aliphatic carbocycles. The second-order valence-corrected chi connectivity index (χ2v) is 8.69. The van der Waals surface area contributed by atoms with Crippen molar-refractivity contribution in [3.05, 3.63) is 82.6 Å². The van der Waals surface area contributed by atoms with Crippen molar-refractivity contribution in [3.8, 4) is 0 Å². The number of fused-ring (bicyclic) bond motifs is 1. The molecule has 0 spiro atoms. The van der Waals surface area contributed by atoms with Crippen LogP contribution in [0.1, 0.15) is 48.4 Å². The maximum atomic E-state index is 12.3. The number of aliphatic hydroxyl groups excluding tert-OH is 1. The minimum atomic E-state index is -0.411. The number of carbonyl (C=O) groups is 1. The fraction of sp³-hybridized carbons (Fsp3) is 0.346. The van der Waals surface area contributed by atoms with Crippen molar-refractivity contribution in [1.82, 2.24) is 0 Å². The minimum absolute atomic E-state index is 0.166. The Labute approximate surface area is 173 Å². The number of rotatable bonds is 5. The number of allylic oxidation sites excluding steroid dienone is 3. The highest BCUT2D eigenvalue weighted by atomic mass is 16.3. The minimum Gasteiger partial charge on any atom is -0.508 e. The average Bonchev–Trinajstić information content (AvgIpc) is 3.17. The summed E-state index contributed by atoms with van der Waals surface area (Å²) in [6.07, 6.45) is 8.35. The Kier molecular flexibility index (Phi) is 5.08. The number of anilines is 1. The van der Waals surface area contributed by atoms with Gasteiger partial charge in [0.2, 0.25) is 0 Å². The van der Waals surface area contributed by atoms with Crippen LogP contribution >= 0.6 is 0 Å².